The van der Waals surface area contributed by atoms with E-state index in [0.717, 1.165) is 12.2 Å². The smallest absolute Gasteiger partial charge is 0.119 e. The predicted octanol–water partition coefficient (Wildman–Crippen LogP) is 2.19. The molecule has 0 radical (unpaired) electrons. The molecule has 2 atom stereocenters. The van der Waals surface area contributed by atoms with Gasteiger partial charge in [-0.15, -0.1) is 0 Å². The highest BCUT2D eigenvalue weighted by Gasteiger charge is 2.05. The van der Waals surface area contributed by atoms with E-state index in [1.807, 2.05) is 44.2 Å². The van der Waals surface area contributed by atoms with Crippen LogP contribution in [0.25, 0.3) is 0 Å². The van der Waals surface area contributed by atoms with Gasteiger partial charge in [-0.1, -0.05) is 18.2 Å². The van der Waals surface area contributed by atoms with Gasteiger partial charge in [0.15, 0.2) is 0 Å². The van der Waals surface area contributed by atoms with Crippen LogP contribution in [0.1, 0.15) is 20.3 Å². The van der Waals surface area contributed by atoms with E-state index in [-0.39, 0.29) is 12.1 Å². The number of hydrogen-bond donors (Lipinski definition) is 1. The highest BCUT2D eigenvalue weighted by atomic mass is 16.5. The Labute approximate surface area is 79.7 Å². The van der Waals surface area contributed by atoms with E-state index in [1.54, 1.807) is 0 Å². The lowest BCUT2D eigenvalue weighted by Gasteiger charge is -2.16. The molecule has 0 spiro atoms. The molecule has 1 rings (SSSR count). The molecule has 13 heavy (non-hydrogen) atoms. The van der Waals surface area contributed by atoms with Crippen molar-refractivity contribution < 1.29 is 4.74 Å². The molecule has 2 N–H and O–H groups in total. The van der Waals surface area contributed by atoms with E-state index < -0.39 is 0 Å². The SMILES string of the molecule is C[C@H](C[C@@H](C)N)Oc1ccccc1. The number of ether oxygens (including phenoxy) is 1. The Morgan fingerprint density at radius 1 is 1.23 bits per heavy atom. The van der Waals surface area contributed by atoms with Gasteiger partial charge in [-0.25, -0.2) is 0 Å². The third kappa shape index (κ3) is 3.95. The van der Waals surface area contributed by atoms with E-state index in [4.69, 9.17) is 10.5 Å². The summed E-state index contributed by atoms with van der Waals surface area (Å²) in [4.78, 5) is 0. The van der Waals surface area contributed by atoms with Crippen molar-refractivity contribution in [1.29, 1.82) is 0 Å². The van der Waals surface area contributed by atoms with Crippen LogP contribution < -0.4 is 10.5 Å². The quantitative estimate of drug-likeness (QED) is 0.769. The number of para-hydroxylation sites is 1. The van der Waals surface area contributed by atoms with Crippen LogP contribution in [0.3, 0.4) is 0 Å². The van der Waals surface area contributed by atoms with Gasteiger partial charge < -0.3 is 10.5 Å². The van der Waals surface area contributed by atoms with E-state index in [2.05, 4.69) is 0 Å². The Hall–Kier alpha value is -1.02. The zero-order valence-electron chi connectivity index (χ0n) is 8.23. The lowest BCUT2D eigenvalue weighted by Crippen LogP contribution is -2.24. The first-order chi connectivity index (χ1) is 6.18. The van der Waals surface area contributed by atoms with E-state index >= 15 is 0 Å². The zero-order chi connectivity index (χ0) is 9.68. The highest BCUT2D eigenvalue weighted by molar-refractivity contribution is 5.21. The third-order valence-corrected chi connectivity index (χ3v) is 1.78. The van der Waals surface area contributed by atoms with E-state index in [9.17, 15) is 0 Å². The van der Waals surface area contributed by atoms with Crippen molar-refractivity contribution in [3.8, 4) is 5.75 Å². The van der Waals surface area contributed by atoms with Crippen molar-refractivity contribution >= 4 is 0 Å². The second-order valence-corrected chi connectivity index (χ2v) is 3.45. The van der Waals surface area contributed by atoms with Gasteiger partial charge in [-0.05, 0) is 32.4 Å². The summed E-state index contributed by atoms with van der Waals surface area (Å²) in [6.45, 7) is 4.03. The van der Waals surface area contributed by atoms with Gasteiger partial charge in [0.1, 0.15) is 5.75 Å². The van der Waals surface area contributed by atoms with Gasteiger partial charge in [0, 0.05) is 6.04 Å². The molecular weight excluding hydrogens is 162 g/mol. The fourth-order valence-corrected chi connectivity index (χ4v) is 1.30. The Kier molecular flexibility index (Phi) is 3.77. The van der Waals surface area contributed by atoms with Crippen molar-refractivity contribution in [1.82, 2.24) is 0 Å². The monoisotopic (exact) mass is 179 g/mol. The van der Waals surface area contributed by atoms with Crippen molar-refractivity contribution in [3.63, 3.8) is 0 Å². The van der Waals surface area contributed by atoms with Gasteiger partial charge >= 0.3 is 0 Å². The Balaban J connectivity index is 2.41. The highest BCUT2D eigenvalue weighted by Crippen LogP contribution is 2.12. The summed E-state index contributed by atoms with van der Waals surface area (Å²) in [5, 5.41) is 0. The molecule has 0 aliphatic heterocycles. The summed E-state index contributed by atoms with van der Waals surface area (Å²) in [7, 11) is 0. The van der Waals surface area contributed by atoms with Gasteiger partial charge in [0.2, 0.25) is 0 Å². The van der Waals surface area contributed by atoms with Crippen molar-refractivity contribution in [2.75, 3.05) is 0 Å². The topological polar surface area (TPSA) is 35.2 Å². The molecule has 1 aromatic carbocycles. The summed E-state index contributed by atoms with van der Waals surface area (Å²) < 4.78 is 5.65. The van der Waals surface area contributed by atoms with Gasteiger partial charge in [-0.3, -0.25) is 0 Å². The average Bonchev–Trinajstić information content (AvgIpc) is 2.04. The Morgan fingerprint density at radius 2 is 1.85 bits per heavy atom. The summed E-state index contributed by atoms with van der Waals surface area (Å²) in [5.74, 6) is 0.913. The number of benzene rings is 1. The molecule has 0 bridgehead atoms. The summed E-state index contributed by atoms with van der Waals surface area (Å²) in [6.07, 6.45) is 1.07. The van der Waals surface area contributed by atoms with E-state index in [1.165, 1.54) is 0 Å². The summed E-state index contributed by atoms with van der Waals surface area (Å²) in [5.41, 5.74) is 5.67. The first kappa shape index (κ1) is 10.1. The zero-order valence-corrected chi connectivity index (χ0v) is 8.23. The molecular formula is C11H17NO. The molecule has 72 valence electrons. The maximum atomic E-state index is 5.67. The van der Waals surface area contributed by atoms with Crippen molar-refractivity contribution in [2.45, 2.75) is 32.4 Å². The molecule has 0 aromatic heterocycles. The van der Waals surface area contributed by atoms with Gasteiger partial charge in [0.05, 0.1) is 6.10 Å². The van der Waals surface area contributed by atoms with Crippen molar-refractivity contribution in [3.05, 3.63) is 30.3 Å². The lowest BCUT2D eigenvalue weighted by atomic mass is 10.2. The Bertz CT molecular complexity index is 233. The fourth-order valence-electron chi connectivity index (χ4n) is 1.30. The molecule has 0 aliphatic rings. The second-order valence-electron chi connectivity index (χ2n) is 3.45. The van der Waals surface area contributed by atoms with Crippen LogP contribution in [0, 0.1) is 0 Å². The summed E-state index contributed by atoms with van der Waals surface area (Å²) in [6, 6.07) is 10.0. The maximum Gasteiger partial charge on any atom is 0.119 e. The van der Waals surface area contributed by atoms with Crippen molar-refractivity contribution in [2.24, 2.45) is 5.73 Å². The third-order valence-electron chi connectivity index (χ3n) is 1.78. The maximum absolute atomic E-state index is 5.67. The minimum absolute atomic E-state index is 0.183. The minimum Gasteiger partial charge on any atom is -0.491 e. The molecule has 0 saturated heterocycles. The number of hydrogen-bond acceptors (Lipinski definition) is 2. The number of rotatable bonds is 4. The second kappa shape index (κ2) is 4.87. The first-order valence-electron chi connectivity index (χ1n) is 4.66. The predicted molar refractivity (Wildman–Crippen MR) is 54.8 cm³/mol. The average molecular weight is 179 g/mol. The number of nitrogens with two attached hydrogens (primary N) is 1. The fraction of sp³-hybridized carbons (Fsp3) is 0.455. The minimum atomic E-state index is 0.183. The molecule has 0 aliphatic carbocycles. The molecule has 0 heterocycles. The molecule has 0 fully saturated rings. The largest absolute Gasteiger partial charge is 0.491 e. The van der Waals surface area contributed by atoms with Crippen LogP contribution in [0.5, 0.6) is 5.75 Å². The van der Waals surface area contributed by atoms with Crippen LogP contribution in [0.2, 0.25) is 0 Å². The molecule has 0 amide bonds. The lowest BCUT2D eigenvalue weighted by molar-refractivity contribution is 0.203. The van der Waals surface area contributed by atoms with Gasteiger partial charge in [-0.2, -0.15) is 0 Å². The van der Waals surface area contributed by atoms with Crippen LogP contribution in [0.4, 0.5) is 0 Å². The molecule has 2 heteroatoms. The standard InChI is InChI=1S/C11H17NO/c1-9(12)8-10(2)13-11-6-4-3-5-7-11/h3-7,9-10H,8,12H2,1-2H3/t9-,10-/m1/s1. The first-order valence-corrected chi connectivity index (χ1v) is 4.66. The molecule has 1 aromatic rings. The van der Waals surface area contributed by atoms with Crippen LogP contribution >= 0.6 is 0 Å². The van der Waals surface area contributed by atoms with Crippen LogP contribution in [-0.2, 0) is 0 Å². The summed E-state index contributed by atoms with van der Waals surface area (Å²) >= 11 is 0. The Morgan fingerprint density at radius 3 is 2.38 bits per heavy atom. The van der Waals surface area contributed by atoms with Gasteiger partial charge in [0.25, 0.3) is 0 Å². The van der Waals surface area contributed by atoms with E-state index in [0.29, 0.717) is 0 Å². The molecule has 0 saturated carbocycles. The molecule has 0 unspecified atom stereocenters. The normalized spacial score (nSPS) is 15.0. The van der Waals surface area contributed by atoms with Crippen LogP contribution in [0.15, 0.2) is 30.3 Å². The molecule has 2 nitrogen and oxygen atoms in total. The van der Waals surface area contributed by atoms with Crippen LogP contribution in [-0.4, -0.2) is 12.1 Å².